The van der Waals surface area contributed by atoms with Gasteiger partial charge in [0.2, 0.25) is 0 Å². The standard InChI is InChI=1S/C28H26ClN3O3S/c1-15-13-20-25(36-26(31-20)18-7-6-8-21-19(18)14-30-32(21)5)23(16-9-11-17(29)12-10-16)22(15)24(27(33)34)35-28(2,3)4/h6-14,24H,1-5H3,(H,33,34). The fourth-order valence-electron chi connectivity index (χ4n) is 4.52. The Morgan fingerprint density at radius 2 is 1.89 bits per heavy atom. The molecule has 1 atom stereocenters. The molecular weight excluding hydrogens is 494 g/mol. The summed E-state index contributed by atoms with van der Waals surface area (Å²) < 4.78 is 8.84. The summed E-state index contributed by atoms with van der Waals surface area (Å²) in [5.74, 6) is -1.03. The van der Waals surface area contributed by atoms with Gasteiger partial charge in [0, 0.05) is 34.1 Å². The van der Waals surface area contributed by atoms with Gasteiger partial charge in [-0.05, 0) is 63.1 Å². The third-order valence-electron chi connectivity index (χ3n) is 6.04. The molecule has 3 aromatic carbocycles. The van der Waals surface area contributed by atoms with Crippen LogP contribution >= 0.6 is 22.9 Å². The number of thiazole rings is 1. The van der Waals surface area contributed by atoms with Crippen molar-refractivity contribution in [1.82, 2.24) is 14.8 Å². The second kappa shape index (κ2) is 9.00. The molecule has 0 fully saturated rings. The largest absolute Gasteiger partial charge is 0.479 e. The summed E-state index contributed by atoms with van der Waals surface area (Å²) in [7, 11) is 1.92. The van der Waals surface area contributed by atoms with Gasteiger partial charge < -0.3 is 9.84 Å². The minimum atomic E-state index is -1.15. The number of rotatable bonds is 5. The van der Waals surface area contributed by atoms with Crippen molar-refractivity contribution in [3.05, 3.63) is 70.9 Å². The van der Waals surface area contributed by atoms with E-state index in [1.807, 2.05) is 94.2 Å². The molecule has 8 heteroatoms. The van der Waals surface area contributed by atoms with Crippen LogP contribution in [0.4, 0.5) is 0 Å². The number of carboxylic acids is 1. The van der Waals surface area contributed by atoms with Crippen molar-refractivity contribution in [2.75, 3.05) is 0 Å². The van der Waals surface area contributed by atoms with Gasteiger partial charge in [-0.2, -0.15) is 5.10 Å². The average Bonchev–Trinajstić information content (AvgIpc) is 3.40. The molecule has 0 aliphatic rings. The topological polar surface area (TPSA) is 77.2 Å². The molecule has 5 aromatic rings. The van der Waals surface area contributed by atoms with Crippen LogP contribution in [0.15, 0.2) is 54.7 Å². The third-order valence-corrected chi connectivity index (χ3v) is 7.41. The number of benzene rings is 3. The monoisotopic (exact) mass is 519 g/mol. The first kappa shape index (κ1) is 24.4. The highest BCUT2D eigenvalue weighted by atomic mass is 35.5. The molecule has 1 unspecified atom stereocenters. The Balaban J connectivity index is 1.82. The summed E-state index contributed by atoms with van der Waals surface area (Å²) in [4.78, 5) is 17.5. The van der Waals surface area contributed by atoms with Gasteiger partial charge in [-0.3, -0.25) is 4.68 Å². The molecule has 0 spiro atoms. The lowest BCUT2D eigenvalue weighted by atomic mass is 9.91. The van der Waals surface area contributed by atoms with Crippen molar-refractivity contribution in [3.63, 3.8) is 0 Å². The van der Waals surface area contributed by atoms with E-state index in [-0.39, 0.29) is 0 Å². The number of carboxylic acid groups (broad SMARTS) is 1. The van der Waals surface area contributed by atoms with Crippen LogP contribution in [0.25, 0.3) is 42.8 Å². The fourth-order valence-corrected chi connectivity index (χ4v) is 5.81. The molecule has 6 nitrogen and oxygen atoms in total. The van der Waals surface area contributed by atoms with Gasteiger partial charge >= 0.3 is 5.97 Å². The third kappa shape index (κ3) is 4.39. The average molecular weight is 520 g/mol. The molecule has 0 aliphatic heterocycles. The van der Waals surface area contributed by atoms with Crippen molar-refractivity contribution in [3.8, 4) is 21.7 Å². The number of halogens is 1. The highest BCUT2D eigenvalue weighted by Gasteiger charge is 2.32. The maximum atomic E-state index is 12.5. The van der Waals surface area contributed by atoms with Gasteiger partial charge in [0.05, 0.1) is 27.5 Å². The molecule has 0 radical (unpaired) electrons. The Kier molecular flexibility index (Phi) is 6.11. The summed E-state index contributed by atoms with van der Waals surface area (Å²) in [6.45, 7) is 7.49. The molecule has 0 bridgehead atoms. The minimum absolute atomic E-state index is 0.609. The summed E-state index contributed by atoms with van der Waals surface area (Å²) in [5.41, 5.74) is 5.26. The summed E-state index contributed by atoms with van der Waals surface area (Å²) >= 11 is 7.73. The first-order chi connectivity index (χ1) is 17.0. The van der Waals surface area contributed by atoms with E-state index in [9.17, 15) is 9.90 Å². The highest BCUT2D eigenvalue weighted by Crippen LogP contribution is 2.45. The molecule has 0 aliphatic carbocycles. The van der Waals surface area contributed by atoms with E-state index >= 15 is 0 Å². The molecular formula is C28H26ClN3O3S. The van der Waals surface area contributed by atoms with Gasteiger partial charge in [0.25, 0.3) is 0 Å². The van der Waals surface area contributed by atoms with Crippen LogP contribution in [0.2, 0.25) is 5.02 Å². The van der Waals surface area contributed by atoms with E-state index in [0.717, 1.165) is 48.4 Å². The zero-order valence-corrected chi connectivity index (χ0v) is 22.2. The van der Waals surface area contributed by atoms with E-state index in [0.29, 0.717) is 10.6 Å². The number of ether oxygens (including phenoxy) is 1. The van der Waals surface area contributed by atoms with E-state index in [2.05, 4.69) is 5.10 Å². The van der Waals surface area contributed by atoms with Crippen molar-refractivity contribution in [2.24, 2.45) is 7.05 Å². The maximum absolute atomic E-state index is 12.5. The molecule has 2 aromatic heterocycles. The van der Waals surface area contributed by atoms with Crippen molar-refractivity contribution < 1.29 is 14.6 Å². The maximum Gasteiger partial charge on any atom is 0.337 e. The second-order valence-corrected chi connectivity index (χ2v) is 11.2. The normalized spacial score (nSPS) is 12.9. The molecule has 2 heterocycles. The van der Waals surface area contributed by atoms with E-state index in [1.54, 1.807) is 11.3 Å². The Labute approximate surface area is 218 Å². The number of aromatic nitrogens is 3. The minimum Gasteiger partial charge on any atom is -0.479 e. The van der Waals surface area contributed by atoms with E-state index in [4.69, 9.17) is 21.3 Å². The molecule has 0 saturated heterocycles. The SMILES string of the molecule is Cc1cc2nc(-c3cccc4c3cnn4C)sc2c(-c2ccc(Cl)cc2)c1C(OC(C)(C)C)C(=O)O. The molecule has 184 valence electrons. The Morgan fingerprint density at radius 3 is 2.56 bits per heavy atom. The van der Waals surface area contributed by atoms with Crippen LogP contribution in [0, 0.1) is 6.92 Å². The predicted octanol–water partition coefficient (Wildman–Crippen LogP) is 7.42. The van der Waals surface area contributed by atoms with Crippen LogP contribution in [0.1, 0.15) is 38.0 Å². The number of carbonyl (C=O) groups is 1. The Bertz CT molecular complexity index is 1610. The van der Waals surface area contributed by atoms with Gasteiger partial charge in [-0.15, -0.1) is 11.3 Å². The highest BCUT2D eigenvalue weighted by molar-refractivity contribution is 7.22. The van der Waals surface area contributed by atoms with Crippen LogP contribution in [0.5, 0.6) is 0 Å². The zero-order chi connectivity index (χ0) is 25.8. The van der Waals surface area contributed by atoms with Crippen LogP contribution in [-0.4, -0.2) is 31.4 Å². The summed E-state index contributed by atoms with van der Waals surface area (Å²) in [5, 5.41) is 17.1. The van der Waals surface area contributed by atoms with Crippen molar-refractivity contribution in [1.29, 1.82) is 0 Å². The van der Waals surface area contributed by atoms with Gasteiger partial charge in [0.15, 0.2) is 6.10 Å². The number of hydrogen-bond donors (Lipinski definition) is 1. The first-order valence-corrected chi connectivity index (χ1v) is 12.7. The van der Waals surface area contributed by atoms with Gasteiger partial charge in [0.1, 0.15) is 5.01 Å². The Hall–Kier alpha value is -3.26. The van der Waals surface area contributed by atoms with Crippen LogP contribution in [0.3, 0.4) is 0 Å². The fraction of sp³-hybridized carbons (Fsp3) is 0.250. The lowest BCUT2D eigenvalue weighted by Crippen LogP contribution is -2.28. The number of hydrogen-bond acceptors (Lipinski definition) is 5. The summed E-state index contributed by atoms with van der Waals surface area (Å²) in [6.07, 6.45) is 0.706. The van der Waals surface area contributed by atoms with Crippen molar-refractivity contribution in [2.45, 2.75) is 39.4 Å². The van der Waals surface area contributed by atoms with Crippen LogP contribution < -0.4 is 0 Å². The number of aryl methyl sites for hydroxylation is 2. The Morgan fingerprint density at radius 1 is 1.17 bits per heavy atom. The number of aliphatic carboxylic acids is 1. The quantitative estimate of drug-likeness (QED) is 0.261. The predicted molar refractivity (Wildman–Crippen MR) is 146 cm³/mol. The lowest BCUT2D eigenvalue weighted by Gasteiger charge is -2.28. The zero-order valence-electron chi connectivity index (χ0n) is 20.7. The number of fused-ring (bicyclic) bond motifs is 2. The van der Waals surface area contributed by atoms with E-state index < -0.39 is 17.7 Å². The molecule has 36 heavy (non-hydrogen) atoms. The summed E-state index contributed by atoms with van der Waals surface area (Å²) in [6, 6.07) is 15.5. The van der Waals surface area contributed by atoms with E-state index in [1.165, 1.54) is 0 Å². The lowest BCUT2D eigenvalue weighted by molar-refractivity contribution is -0.160. The van der Waals surface area contributed by atoms with Gasteiger partial charge in [-0.25, -0.2) is 9.78 Å². The molecule has 5 rings (SSSR count). The van der Waals surface area contributed by atoms with Crippen LogP contribution in [-0.2, 0) is 16.6 Å². The van der Waals surface area contributed by atoms with Gasteiger partial charge in [-0.1, -0.05) is 35.9 Å². The second-order valence-electron chi connectivity index (χ2n) is 9.81. The smallest absolute Gasteiger partial charge is 0.337 e. The van der Waals surface area contributed by atoms with Crippen molar-refractivity contribution >= 4 is 50.0 Å². The first-order valence-electron chi connectivity index (χ1n) is 11.5. The number of nitrogens with zero attached hydrogens (tertiary/aromatic N) is 3. The molecule has 0 amide bonds. The molecule has 1 N–H and O–H groups in total. The molecule has 0 saturated carbocycles.